The van der Waals surface area contributed by atoms with E-state index in [4.69, 9.17) is 18.0 Å². The molecule has 1 rings (SSSR count). The van der Waals surface area contributed by atoms with Gasteiger partial charge in [-0.1, -0.05) is 58.2 Å². The zero-order valence-corrected chi connectivity index (χ0v) is 14.3. The zero-order valence-electron chi connectivity index (χ0n) is 13.4. The molecule has 4 heteroatoms. The Kier molecular flexibility index (Phi) is 9.40. The van der Waals surface area contributed by atoms with Gasteiger partial charge in [0, 0.05) is 26.2 Å². The second kappa shape index (κ2) is 10.5. The molecule has 20 heavy (non-hydrogen) atoms. The second-order valence-corrected chi connectivity index (χ2v) is 6.44. The molecule has 0 aromatic carbocycles. The maximum absolute atomic E-state index is 5.83. The smallest absolute Gasteiger partial charge is 0.0901 e. The van der Waals surface area contributed by atoms with Gasteiger partial charge >= 0.3 is 0 Å². The van der Waals surface area contributed by atoms with Crippen LogP contribution in [0.3, 0.4) is 0 Å². The summed E-state index contributed by atoms with van der Waals surface area (Å²) in [5.41, 5.74) is 5.83. The Hall–Kier alpha value is -0.190. The quantitative estimate of drug-likeness (QED) is 0.496. The molecule has 1 aliphatic heterocycles. The fourth-order valence-corrected chi connectivity index (χ4v) is 3.37. The summed E-state index contributed by atoms with van der Waals surface area (Å²) in [5.74, 6) is 0. The first-order valence-corrected chi connectivity index (χ1v) is 8.85. The molecular formula is C16H33N3S. The molecular weight excluding hydrogens is 266 g/mol. The van der Waals surface area contributed by atoms with Crippen molar-refractivity contribution in [3.05, 3.63) is 0 Å². The van der Waals surface area contributed by atoms with Crippen LogP contribution in [0.15, 0.2) is 0 Å². The fraction of sp³-hybridized carbons (Fsp3) is 0.938. The van der Waals surface area contributed by atoms with Crippen molar-refractivity contribution in [1.29, 1.82) is 0 Å². The van der Waals surface area contributed by atoms with Crippen LogP contribution in [-0.4, -0.2) is 53.6 Å². The molecule has 1 aliphatic rings. The van der Waals surface area contributed by atoms with Gasteiger partial charge in [0.15, 0.2) is 0 Å². The van der Waals surface area contributed by atoms with Gasteiger partial charge in [-0.2, -0.15) is 0 Å². The van der Waals surface area contributed by atoms with E-state index in [-0.39, 0.29) is 0 Å². The first-order valence-electron chi connectivity index (χ1n) is 8.44. The number of nitrogens with zero attached hydrogens (tertiary/aromatic N) is 2. The number of piperazine rings is 1. The summed E-state index contributed by atoms with van der Waals surface area (Å²) in [6, 6.07) is 0.307. The Morgan fingerprint density at radius 3 is 2.15 bits per heavy atom. The maximum atomic E-state index is 5.83. The molecule has 3 nitrogen and oxygen atoms in total. The van der Waals surface area contributed by atoms with Crippen molar-refractivity contribution in [2.24, 2.45) is 5.73 Å². The van der Waals surface area contributed by atoms with Crippen molar-refractivity contribution >= 4 is 17.2 Å². The molecule has 0 radical (unpaired) electrons. The van der Waals surface area contributed by atoms with Gasteiger partial charge in [0.1, 0.15) is 0 Å². The number of hydrogen-bond acceptors (Lipinski definition) is 3. The average molecular weight is 300 g/mol. The molecule has 0 bridgehead atoms. The summed E-state index contributed by atoms with van der Waals surface area (Å²) in [6.45, 7) is 10.3. The summed E-state index contributed by atoms with van der Waals surface area (Å²) >= 11 is 5.17. The van der Waals surface area contributed by atoms with Gasteiger partial charge < -0.3 is 10.6 Å². The van der Waals surface area contributed by atoms with Gasteiger partial charge in [0.05, 0.1) is 11.0 Å². The predicted octanol–water partition coefficient (Wildman–Crippen LogP) is 3.03. The van der Waals surface area contributed by atoms with E-state index in [9.17, 15) is 0 Å². The highest BCUT2D eigenvalue weighted by Crippen LogP contribution is 2.11. The molecule has 2 N–H and O–H groups in total. The molecule has 1 saturated heterocycles. The monoisotopic (exact) mass is 299 g/mol. The zero-order chi connectivity index (χ0) is 14.8. The van der Waals surface area contributed by atoms with Crippen LogP contribution in [0.25, 0.3) is 0 Å². The van der Waals surface area contributed by atoms with Crippen molar-refractivity contribution in [2.45, 2.75) is 64.8 Å². The molecule has 1 heterocycles. The summed E-state index contributed by atoms with van der Waals surface area (Å²) in [5, 5.41) is 0. The average Bonchev–Trinajstić information content (AvgIpc) is 2.44. The summed E-state index contributed by atoms with van der Waals surface area (Å²) in [4.78, 5) is 5.72. The van der Waals surface area contributed by atoms with Gasteiger partial charge in [-0.05, 0) is 19.4 Å². The van der Waals surface area contributed by atoms with Crippen LogP contribution in [-0.2, 0) is 0 Å². The molecule has 0 amide bonds. The highest BCUT2D eigenvalue weighted by Gasteiger charge is 2.23. The van der Waals surface area contributed by atoms with E-state index in [2.05, 4.69) is 23.6 Å². The lowest BCUT2D eigenvalue weighted by atomic mass is 10.1. The molecule has 0 aromatic rings. The lowest BCUT2D eigenvalue weighted by Crippen LogP contribution is -2.53. The molecule has 118 valence electrons. The summed E-state index contributed by atoms with van der Waals surface area (Å²) in [7, 11) is 0. The van der Waals surface area contributed by atoms with Crippen molar-refractivity contribution < 1.29 is 0 Å². The molecule has 0 aromatic heterocycles. The van der Waals surface area contributed by atoms with Gasteiger partial charge in [0.2, 0.25) is 0 Å². The van der Waals surface area contributed by atoms with Crippen LogP contribution in [0.5, 0.6) is 0 Å². The Labute approximate surface area is 130 Å². The normalized spacial score (nSPS) is 19.1. The van der Waals surface area contributed by atoms with E-state index < -0.39 is 0 Å². The van der Waals surface area contributed by atoms with Crippen LogP contribution >= 0.6 is 12.2 Å². The highest BCUT2D eigenvalue weighted by molar-refractivity contribution is 7.80. The number of rotatable bonds is 10. The molecule has 0 saturated carbocycles. The lowest BCUT2D eigenvalue weighted by molar-refractivity contribution is 0.115. The van der Waals surface area contributed by atoms with E-state index in [0.29, 0.717) is 11.0 Å². The Balaban J connectivity index is 2.11. The van der Waals surface area contributed by atoms with Crippen LogP contribution in [0.1, 0.15) is 58.8 Å². The first kappa shape index (κ1) is 17.9. The molecule has 1 atom stereocenters. The number of nitrogens with two attached hydrogens (primary N) is 1. The SMILES string of the molecule is CCCCCCCCN1CCN(C(CC)C(N)=S)CC1. The van der Waals surface area contributed by atoms with Crippen LogP contribution in [0.4, 0.5) is 0 Å². The number of thiocarbonyl (C=S) groups is 1. The third kappa shape index (κ3) is 6.51. The number of hydrogen-bond donors (Lipinski definition) is 1. The molecule has 1 fully saturated rings. The topological polar surface area (TPSA) is 32.5 Å². The van der Waals surface area contributed by atoms with Crippen molar-refractivity contribution in [3.8, 4) is 0 Å². The van der Waals surface area contributed by atoms with E-state index in [1.165, 1.54) is 58.2 Å². The largest absolute Gasteiger partial charge is 0.392 e. The highest BCUT2D eigenvalue weighted by atomic mass is 32.1. The van der Waals surface area contributed by atoms with Crippen molar-refractivity contribution in [2.75, 3.05) is 32.7 Å². The Morgan fingerprint density at radius 2 is 1.60 bits per heavy atom. The minimum Gasteiger partial charge on any atom is -0.392 e. The molecule has 1 unspecified atom stereocenters. The third-order valence-corrected chi connectivity index (χ3v) is 4.66. The van der Waals surface area contributed by atoms with E-state index in [1.807, 2.05) is 0 Å². The Bertz CT molecular complexity index is 262. The van der Waals surface area contributed by atoms with Crippen molar-refractivity contribution in [1.82, 2.24) is 9.80 Å². The lowest BCUT2D eigenvalue weighted by Gasteiger charge is -2.38. The fourth-order valence-electron chi connectivity index (χ4n) is 3.05. The van der Waals surface area contributed by atoms with E-state index >= 15 is 0 Å². The first-order chi connectivity index (χ1) is 9.69. The van der Waals surface area contributed by atoms with Crippen molar-refractivity contribution in [3.63, 3.8) is 0 Å². The van der Waals surface area contributed by atoms with Gasteiger partial charge in [-0.3, -0.25) is 4.90 Å². The minimum atomic E-state index is 0.307. The van der Waals surface area contributed by atoms with Crippen LogP contribution in [0, 0.1) is 0 Å². The van der Waals surface area contributed by atoms with Gasteiger partial charge in [-0.25, -0.2) is 0 Å². The predicted molar refractivity (Wildman–Crippen MR) is 92.3 cm³/mol. The minimum absolute atomic E-state index is 0.307. The molecule has 0 aliphatic carbocycles. The standard InChI is InChI=1S/C16H33N3S/c1-3-5-6-7-8-9-10-18-11-13-19(14-12-18)15(4-2)16(17)20/h15H,3-14H2,1-2H3,(H2,17,20). The van der Waals surface area contributed by atoms with Gasteiger partial charge in [-0.15, -0.1) is 0 Å². The van der Waals surface area contributed by atoms with E-state index in [1.54, 1.807) is 0 Å². The summed E-state index contributed by atoms with van der Waals surface area (Å²) in [6.07, 6.45) is 9.34. The van der Waals surface area contributed by atoms with Crippen LogP contribution in [0.2, 0.25) is 0 Å². The second-order valence-electron chi connectivity index (χ2n) is 5.97. The molecule has 0 spiro atoms. The number of unbranched alkanes of at least 4 members (excludes halogenated alkanes) is 5. The Morgan fingerprint density at radius 1 is 1.00 bits per heavy atom. The summed E-state index contributed by atoms with van der Waals surface area (Å²) < 4.78 is 0. The van der Waals surface area contributed by atoms with Crippen LogP contribution < -0.4 is 5.73 Å². The third-order valence-electron chi connectivity index (χ3n) is 4.39. The van der Waals surface area contributed by atoms with Gasteiger partial charge in [0.25, 0.3) is 0 Å². The maximum Gasteiger partial charge on any atom is 0.0901 e. The van der Waals surface area contributed by atoms with E-state index in [0.717, 1.165) is 19.5 Å².